The summed E-state index contributed by atoms with van der Waals surface area (Å²) < 4.78 is 171. The fraction of sp³-hybridized carbons (Fsp3) is 0.368. The predicted molar refractivity (Wildman–Crippen MR) is 457 cm³/mol. The number of alkyl halides is 3. The summed E-state index contributed by atoms with van der Waals surface area (Å²) in [5.41, 5.74) is -1.32. The molecule has 0 unspecified atom stereocenters. The Balaban J connectivity index is 0.000000136. The summed E-state index contributed by atoms with van der Waals surface area (Å²) in [4.78, 5) is 70.1. The van der Waals surface area contributed by atoms with Crippen molar-refractivity contribution in [3.05, 3.63) is 241 Å². The Labute approximate surface area is 743 Å². The molecule has 9 aromatic rings. The Kier molecular flexibility index (Phi) is 25.9. The van der Waals surface area contributed by atoms with Crippen molar-refractivity contribution in [2.75, 3.05) is 26.4 Å². The first-order valence-corrected chi connectivity index (χ1v) is 46.0. The number of aryl methyl sites for hydroxylation is 3. The monoisotopic (exact) mass is 1880 g/mol. The topological polar surface area (TPSA) is 347 Å². The first-order valence-electron chi connectivity index (χ1n) is 39.6. The van der Waals surface area contributed by atoms with Gasteiger partial charge in [-0.05, 0) is 248 Å². The number of nitrogens with one attached hydrogen (secondary N) is 8. The van der Waals surface area contributed by atoms with Crippen LogP contribution in [0.1, 0.15) is 130 Å². The molecule has 12 saturated carbocycles. The average molecular weight is 1880 g/mol. The van der Waals surface area contributed by atoms with Crippen molar-refractivity contribution in [1.29, 1.82) is 0 Å². The van der Waals surface area contributed by atoms with Gasteiger partial charge < -0.3 is 45.5 Å². The molecule has 12 fully saturated rings. The fourth-order valence-electron chi connectivity index (χ4n) is 18.2. The molecule has 25 nitrogen and oxygen atoms in total. The number of halogens is 10. The quantitative estimate of drug-likeness (QED) is 0.0222. The van der Waals surface area contributed by atoms with Crippen LogP contribution >= 0.6 is 58.0 Å². The van der Waals surface area contributed by atoms with Crippen LogP contribution in [0.2, 0.25) is 25.1 Å². The Hall–Kier alpha value is -9.52. The van der Waals surface area contributed by atoms with Gasteiger partial charge in [0, 0.05) is 84.3 Å². The van der Waals surface area contributed by atoms with Crippen molar-refractivity contribution >= 4 is 128 Å². The van der Waals surface area contributed by atoms with Crippen molar-refractivity contribution in [2.24, 2.45) is 5.92 Å². The predicted octanol–water partition coefficient (Wildman–Crippen LogP) is 14.6. The zero-order chi connectivity index (χ0) is 89.7. The van der Waals surface area contributed by atoms with Gasteiger partial charge in [-0.3, -0.25) is 29.0 Å². The molecule has 0 saturated heterocycles. The lowest BCUT2D eigenvalue weighted by Crippen LogP contribution is -2.84. The van der Waals surface area contributed by atoms with E-state index in [1.807, 2.05) is 64.1 Å². The van der Waals surface area contributed by atoms with E-state index < -0.39 is 81.1 Å². The average Bonchev–Trinajstić information content (AvgIpc) is 0.675. The SMILES string of the molecule is C[C@H]1CC2(NC(=O)COc3ccc(Cl)c(F)c3)CCC1(NS(=O)(=O)c1ccc(C(F)(F)F)cc1)CC2.Cc1cc(OCC(=O)NC23CC(NC(=O)c4cc5ccccc5cn4)(C2)C3)ccc1Cl.Cc1cc(OCC(=O)NC23CC(NS(=O)(=O)c4ccc(Cl)cn4)(C2)C3)ccc1Cl.Cc1ccc(S(=O)(=O)NC23CC(NC(=O)COc4ccc(Cl)c(F)c4)(C2)C3)cc1. The van der Waals surface area contributed by atoms with E-state index in [9.17, 15) is 71.2 Å². The molecule has 38 heteroatoms. The summed E-state index contributed by atoms with van der Waals surface area (Å²) in [6.07, 6.45) is 6.33. The molecular formula is C87H86Cl5F5N10O15S3. The Morgan fingerprint density at radius 2 is 0.816 bits per heavy atom. The van der Waals surface area contributed by atoms with Crippen LogP contribution in [-0.2, 0) is 55.4 Å². The van der Waals surface area contributed by atoms with E-state index >= 15 is 0 Å². The molecule has 0 spiro atoms. The normalized spacial score (nSPS) is 24.9. The summed E-state index contributed by atoms with van der Waals surface area (Å²) in [7, 11) is -11.4. The van der Waals surface area contributed by atoms with Crippen molar-refractivity contribution in [1.82, 2.24) is 50.7 Å². The highest BCUT2D eigenvalue weighted by Gasteiger charge is 2.72. The lowest BCUT2D eigenvalue weighted by Gasteiger charge is -2.70. The number of rotatable bonds is 27. The van der Waals surface area contributed by atoms with E-state index in [1.165, 1.54) is 42.6 Å². The lowest BCUT2D eigenvalue weighted by atomic mass is 9.44. The maximum atomic E-state index is 13.6. The second-order valence-corrected chi connectivity index (χ2v) is 41.0. The number of ether oxygens (including phenoxy) is 4. The van der Waals surface area contributed by atoms with Crippen molar-refractivity contribution in [3.63, 3.8) is 0 Å². The molecule has 12 aliphatic carbocycles. The second kappa shape index (κ2) is 35.3. The molecule has 5 amide bonds. The fourth-order valence-corrected chi connectivity index (χ4v) is 23.1. The van der Waals surface area contributed by atoms with Crippen LogP contribution in [0, 0.1) is 38.3 Å². The number of hydrogen-bond donors (Lipinski definition) is 8. The number of sulfonamides is 3. The number of amides is 5. The Bertz CT molecular complexity index is 5830. The molecule has 2 heterocycles. The number of carbonyl (C=O) groups excluding carboxylic acids is 5. The summed E-state index contributed by atoms with van der Waals surface area (Å²) in [6.45, 7) is 6.79. The minimum absolute atomic E-state index is 0.0194. The number of aromatic nitrogens is 2. The van der Waals surface area contributed by atoms with Crippen molar-refractivity contribution in [3.8, 4) is 23.0 Å². The molecule has 125 heavy (non-hydrogen) atoms. The molecule has 2 aromatic heterocycles. The number of nitrogens with zero attached hydrogens (tertiary/aromatic N) is 2. The molecule has 0 aliphatic heterocycles. The second-order valence-electron chi connectivity index (χ2n) is 34.0. The zero-order valence-electron chi connectivity index (χ0n) is 67.6. The Morgan fingerprint density at radius 3 is 1.23 bits per heavy atom. The molecule has 7 aromatic carbocycles. The van der Waals surface area contributed by atoms with Gasteiger partial charge in [0.05, 0.1) is 30.4 Å². The third kappa shape index (κ3) is 21.0. The first kappa shape index (κ1) is 91.7. The number of carbonyl (C=O) groups is 5. The summed E-state index contributed by atoms with van der Waals surface area (Å²) in [6, 6.07) is 40.9. The molecule has 1 atom stereocenters. The molecule has 21 rings (SSSR count). The molecular weight excluding hydrogens is 1790 g/mol. The lowest BCUT2D eigenvalue weighted by molar-refractivity contribution is -0.142. The summed E-state index contributed by atoms with van der Waals surface area (Å²) in [5.74, 6) is -1.15. The van der Waals surface area contributed by atoms with Gasteiger partial charge in [-0.15, -0.1) is 0 Å². The maximum absolute atomic E-state index is 13.6. The van der Waals surface area contributed by atoms with Gasteiger partial charge in [0.25, 0.3) is 39.6 Å². The first-order chi connectivity index (χ1) is 58.8. The van der Waals surface area contributed by atoms with Gasteiger partial charge in [0.2, 0.25) is 20.0 Å². The van der Waals surface area contributed by atoms with Crippen LogP contribution in [0.3, 0.4) is 0 Å². The van der Waals surface area contributed by atoms with Gasteiger partial charge in [0.15, 0.2) is 31.5 Å². The van der Waals surface area contributed by atoms with E-state index in [2.05, 4.69) is 50.7 Å². The van der Waals surface area contributed by atoms with Crippen LogP contribution in [0.15, 0.2) is 191 Å². The van der Waals surface area contributed by atoms with E-state index in [-0.39, 0.29) is 115 Å². The highest BCUT2D eigenvalue weighted by Crippen LogP contribution is 2.63. The largest absolute Gasteiger partial charge is 0.484 e. The van der Waals surface area contributed by atoms with E-state index in [0.29, 0.717) is 103 Å². The number of benzene rings is 7. The Morgan fingerprint density at radius 1 is 0.424 bits per heavy atom. The molecule has 8 bridgehead atoms. The minimum atomic E-state index is -4.56. The molecule has 8 N–H and O–H groups in total. The number of fused-ring (bicyclic) bond motifs is 4. The van der Waals surface area contributed by atoms with Crippen molar-refractivity contribution in [2.45, 2.75) is 183 Å². The van der Waals surface area contributed by atoms with Crippen LogP contribution in [0.4, 0.5) is 22.0 Å². The minimum Gasteiger partial charge on any atom is -0.484 e. The van der Waals surface area contributed by atoms with E-state index in [1.54, 1.807) is 60.8 Å². The third-order valence-electron chi connectivity index (χ3n) is 24.1. The molecule has 662 valence electrons. The van der Waals surface area contributed by atoms with Crippen molar-refractivity contribution < 1.29 is 90.1 Å². The maximum Gasteiger partial charge on any atom is 0.416 e. The van der Waals surface area contributed by atoms with Crippen LogP contribution in [-0.4, -0.2) is 135 Å². The number of hydrogen-bond acceptors (Lipinski definition) is 17. The summed E-state index contributed by atoms with van der Waals surface area (Å²) in [5, 5.41) is 18.5. The van der Waals surface area contributed by atoms with E-state index in [0.717, 1.165) is 83.1 Å². The standard InChI is InChI=1S/C24H25ClF4N2O4S.C24H22ClN3O3.C20H20ClFN2O4S.C19H19Cl2N3O4S/c1-15-13-22(30-21(32)14-35-17-4-7-19(25)20(26)12-17)8-10-23(15,11-9-22)31-36(33,34)18-5-2-16(3-6-18)24(27,28)29;1-15-8-18(6-7-19(15)25)31-11-21(29)27-23-12-24(13-23,14-23)28-22(30)20-9-16-4-2-3-5-17(16)10-26-20;1-13-2-5-15(6-3-13)29(26,27)24-20-10-19(11-20,12-20)23-18(25)9-28-14-4-7-16(21)17(22)8-14;1-12-6-14(3-4-15(12)21)28-8-16(25)23-18-9-19(10-18,11-18)24-29(26,27)17-5-2-13(20)7-22-17/h2-7,12,15,31H,8-11,13-14H2,1H3,(H,30,32);2-10H,11-14H2,1H3,(H,27,29)(H,28,30);2-8,24H,9-12H2,1H3,(H,23,25);2-7,24H,8-11H2,1H3,(H,23,25)/t15-,22?,23?;;;/m0.../s1. The zero-order valence-corrected chi connectivity index (χ0v) is 73.8. The number of pyridine rings is 2. The van der Waals surface area contributed by atoms with Crippen LogP contribution < -0.4 is 59.7 Å². The highest BCUT2D eigenvalue weighted by atomic mass is 35.5. The smallest absolute Gasteiger partial charge is 0.416 e. The third-order valence-corrected chi connectivity index (χ3v) is 30.4. The van der Waals surface area contributed by atoms with Crippen LogP contribution in [0.5, 0.6) is 23.0 Å². The van der Waals surface area contributed by atoms with E-state index in [4.69, 9.17) is 77.0 Å². The van der Waals surface area contributed by atoms with Gasteiger partial charge in [-0.1, -0.05) is 107 Å². The van der Waals surface area contributed by atoms with Gasteiger partial charge in [-0.25, -0.2) is 53.2 Å². The highest BCUT2D eigenvalue weighted by molar-refractivity contribution is 7.90. The van der Waals surface area contributed by atoms with Gasteiger partial charge in [-0.2, -0.15) is 13.2 Å². The molecule has 12 aliphatic rings. The molecule has 0 radical (unpaired) electrons. The van der Waals surface area contributed by atoms with Crippen LogP contribution in [0.25, 0.3) is 10.8 Å². The van der Waals surface area contributed by atoms with Gasteiger partial charge >= 0.3 is 6.18 Å². The summed E-state index contributed by atoms with van der Waals surface area (Å²) >= 11 is 29.0. The van der Waals surface area contributed by atoms with Gasteiger partial charge in [0.1, 0.15) is 40.3 Å².